The van der Waals surface area contributed by atoms with E-state index in [2.05, 4.69) is 5.32 Å². The van der Waals surface area contributed by atoms with Gasteiger partial charge in [0.15, 0.2) is 0 Å². The summed E-state index contributed by atoms with van der Waals surface area (Å²) in [5.74, 6) is -0.968. The van der Waals surface area contributed by atoms with Gasteiger partial charge in [-0.25, -0.2) is 4.90 Å². The zero-order valence-corrected chi connectivity index (χ0v) is 13.5. The molecule has 4 nitrogen and oxygen atoms in total. The summed E-state index contributed by atoms with van der Waals surface area (Å²) in [6, 6.07) is 14.7. The van der Waals surface area contributed by atoms with Crippen LogP contribution in [0.2, 0.25) is 0 Å². The molecule has 0 fully saturated rings. The normalized spacial score (nSPS) is 14.7. The molecule has 23 heavy (non-hydrogen) atoms. The smallest absolute Gasteiger partial charge is 0.283 e. The number of carbonyl (C=O) groups is 2. The lowest BCUT2D eigenvalue weighted by Crippen LogP contribution is -2.32. The molecule has 2 amide bonds. The van der Waals surface area contributed by atoms with E-state index in [0.29, 0.717) is 11.4 Å². The van der Waals surface area contributed by atoms with Gasteiger partial charge in [-0.1, -0.05) is 35.9 Å². The zero-order valence-electron chi connectivity index (χ0n) is 12.8. The van der Waals surface area contributed by atoms with Crippen LogP contribution in [-0.2, 0) is 9.59 Å². The van der Waals surface area contributed by atoms with E-state index in [1.165, 1.54) is 0 Å². The Morgan fingerprint density at radius 3 is 2.22 bits per heavy atom. The lowest BCUT2D eigenvalue weighted by Gasteiger charge is -2.15. The molecule has 1 heterocycles. The van der Waals surface area contributed by atoms with Crippen molar-refractivity contribution in [2.75, 3.05) is 10.2 Å². The molecule has 0 bridgehead atoms. The highest BCUT2D eigenvalue weighted by molar-refractivity contribution is 6.53. The summed E-state index contributed by atoms with van der Waals surface area (Å²) in [6.45, 7) is 3.84. The van der Waals surface area contributed by atoms with Crippen LogP contribution in [0.3, 0.4) is 0 Å². The van der Waals surface area contributed by atoms with Crippen molar-refractivity contribution in [2.24, 2.45) is 0 Å². The van der Waals surface area contributed by atoms with Gasteiger partial charge in [-0.15, -0.1) is 0 Å². The minimum atomic E-state index is -0.516. The fourth-order valence-electron chi connectivity index (χ4n) is 2.48. The maximum absolute atomic E-state index is 12.6. The first-order chi connectivity index (χ1) is 11.0. The van der Waals surface area contributed by atoms with Crippen molar-refractivity contribution in [1.82, 2.24) is 0 Å². The number of nitrogens with one attached hydrogen (secondary N) is 1. The van der Waals surface area contributed by atoms with Crippen molar-refractivity contribution in [1.29, 1.82) is 0 Å². The van der Waals surface area contributed by atoms with E-state index in [0.717, 1.165) is 16.0 Å². The van der Waals surface area contributed by atoms with Crippen LogP contribution in [0.25, 0.3) is 0 Å². The largest absolute Gasteiger partial charge is 0.350 e. The number of rotatable bonds is 3. The van der Waals surface area contributed by atoms with Crippen LogP contribution in [0.5, 0.6) is 0 Å². The third kappa shape index (κ3) is 2.85. The summed E-state index contributed by atoms with van der Waals surface area (Å²) in [7, 11) is 0. The maximum Gasteiger partial charge on any atom is 0.283 e. The second kappa shape index (κ2) is 5.89. The molecule has 0 aromatic heterocycles. The van der Waals surface area contributed by atoms with Crippen molar-refractivity contribution in [2.45, 2.75) is 13.8 Å². The summed E-state index contributed by atoms with van der Waals surface area (Å²) < 4.78 is 0. The fraction of sp³-hybridized carbons (Fsp3) is 0.111. The number of nitrogens with zero attached hydrogens (tertiary/aromatic N) is 1. The molecule has 0 aliphatic carbocycles. The van der Waals surface area contributed by atoms with E-state index < -0.39 is 11.8 Å². The number of aryl methyl sites for hydroxylation is 2. The van der Waals surface area contributed by atoms with Crippen LogP contribution in [0.1, 0.15) is 11.1 Å². The monoisotopic (exact) mass is 326 g/mol. The molecule has 116 valence electrons. The molecular formula is C18H15ClN2O2. The Labute approximate surface area is 139 Å². The van der Waals surface area contributed by atoms with Gasteiger partial charge in [-0.05, 0) is 49.2 Å². The maximum atomic E-state index is 12.6. The van der Waals surface area contributed by atoms with Gasteiger partial charge in [0.25, 0.3) is 11.8 Å². The summed E-state index contributed by atoms with van der Waals surface area (Å²) in [6.07, 6.45) is 0. The van der Waals surface area contributed by atoms with Gasteiger partial charge < -0.3 is 5.32 Å². The van der Waals surface area contributed by atoms with E-state index in [-0.39, 0.29) is 10.7 Å². The van der Waals surface area contributed by atoms with Crippen LogP contribution in [0.15, 0.2) is 59.3 Å². The highest BCUT2D eigenvalue weighted by Crippen LogP contribution is 2.30. The first-order valence-electron chi connectivity index (χ1n) is 7.16. The van der Waals surface area contributed by atoms with Crippen molar-refractivity contribution < 1.29 is 9.59 Å². The zero-order chi connectivity index (χ0) is 16.6. The number of anilines is 2. The number of hydrogen-bond acceptors (Lipinski definition) is 3. The Bertz CT molecular complexity index is 842. The average molecular weight is 327 g/mol. The minimum absolute atomic E-state index is 0.0991. The van der Waals surface area contributed by atoms with Crippen LogP contribution in [0, 0.1) is 13.8 Å². The first kappa shape index (κ1) is 15.3. The van der Waals surface area contributed by atoms with Crippen LogP contribution in [-0.4, -0.2) is 11.8 Å². The lowest BCUT2D eigenvalue weighted by molar-refractivity contribution is -0.120. The second-order valence-electron chi connectivity index (χ2n) is 5.47. The molecule has 1 aliphatic heterocycles. The number of carbonyl (C=O) groups excluding carboxylic acids is 2. The van der Waals surface area contributed by atoms with Gasteiger partial charge in [-0.3, -0.25) is 9.59 Å². The molecule has 0 spiro atoms. The predicted octanol–water partition coefficient (Wildman–Crippen LogP) is 3.74. The van der Waals surface area contributed by atoms with Gasteiger partial charge in [0.2, 0.25) is 0 Å². The topological polar surface area (TPSA) is 49.4 Å². The molecule has 5 heteroatoms. The van der Waals surface area contributed by atoms with Gasteiger partial charge in [-0.2, -0.15) is 0 Å². The van der Waals surface area contributed by atoms with E-state index >= 15 is 0 Å². The third-order valence-electron chi connectivity index (χ3n) is 3.57. The molecule has 2 aromatic rings. The van der Waals surface area contributed by atoms with Crippen molar-refractivity contribution in [3.63, 3.8) is 0 Å². The Balaban J connectivity index is 1.93. The van der Waals surface area contributed by atoms with Gasteiger partial charge in [0.05, 0.1) is 5.69 Å². The number of imide groups is 1. The Kier molecular flexibility index (Phi) is 3.92. The Hall–Kier alpha value is -2.59. The van der Waals surface area contributed by atoms with E-state index in [9.17, 15) is 9.59 Å². The lowest BCUT2D eigenvalue weighted by atomic mass is 10.2. The summed E-state index contributed by atoms with van der Waals surface area (Å²) in [5.41, 5.74) is 3.33. The summed E-state index contributed by atoms with van der Waals surface area (Å²) in [4.78, 5) is 26.1. The predicted molar refractivity (Wildman–Crippen MR) is 91.4 cm³/mol. The minimum Gasteiger partial charge on any atom is -0.350 e. The standard InChI is InChI=1S/C18H15ClN2O2/c1-11-5-3-7-13(9-11)20-16-15(19)17(22)21(18(16)23)14-8-4-6-12(2)10-14/h3-10,20H,1-2H3. The second-order valence-corrected chi connectivity index (χ2v) is 5.85. The molecule has 0 unspecified atom stereocenters. The first-order valence-corrected chi connectivity index (χ1v) is 7.54. The molecule has 0 saturated carbocycles. The van der Waals surface area contributed by atoms with Crippen LogP contribution in [0.4, 0.5) is 11.4 Å². The molecule has 0 saturated heterocycles. The third-order valence-corrected chi connectivity index (χ3v) is 3.93. The number of hydrogen-bond donors (Lipinski definition) is 1. The molecule has 1 N–H and O–H groups in total. The fourth-order valence-corrected chi connectivity index (χ4v) is 2.69. The van der Waals surface area contributed by atoms with Crippen molar-refractivity contribution in [3.8, 4) is 0 Å². The molecule has 1 aliphatic rings. The molecule has 0 atom stereocenters. The SMILES string of the molecule is Cc1cccc(NC2=C(Cl)C(=O)N(c3cccc(C)c3)C2=O)c1. The molecular weight excluding hydrogens is 312 g/mol. The van der Waals surface area contributed by atoms with Crippen LogP contribution >= 0.6 is 11.6 Å². The Morgan fingerprint density at radius 2 is 1.57 bits per heavy atom. The quantitative estimate of drug-likeness (QED) is 0.874. The van der Waals surface area contributed by atoms with Gasteiger partial charge >= 0.3 is 0 Å². The number of benzene rings is 2. The van der Waals surface area contributed by atoms with E-state index in [1.807, 2.05) is 44.2 Å². The summed E-state index contributed by atoms with van der Waals surface area (Å²) in [5, 5.41) is 2.86. The summed E-state index contributed by atoms with van der Waals surface area (Å²) >= 11 is 6.10. The average Bonchev–Trinajstić information content (AvgIpc) is 2.71. The van der Waals surface area contributed by atoms with Crippen molar-refractivity contribution >= 4 is 34.8 Å². The van der Waals surface area contributed by atoms with E-state index in [4.69, 9.17) is 11.6 Å². The highest BCUT2D eigenvalue weighted by atomic mass is 35.5. The number of halogens is 1. The van der Waals surface area contributed by atoms with E-state index in [1.54, 1.807) is 18.2 Å². The molecule has 2 aromatic carbocycles. The van der Waals surface area contributed by atoms with Crippen LogP contribution < -0.4 is 10.2 Å². The Morgan fingerprint density at radius 1 is 0.913 bits per heavy atom. The van der Waals surface area contributed by atoms with Gasteiger partial charge in [0, 0.05) is 5.69 Å². The highest BCUT2D eigenvalue weighted by Gasteiger charge is 2.38. The van der Waals surface area contributed by atoms with Crippen molar-refractivity contribution in [3.05, 3.63) is 70.4 Å². The molecule has 0 radical (unpaired) electrons. The number of amides is 2. The van der Waals surface area contributed by atoms with Gasteiger partial charge in [0.1, 0.15) is 10.7 Å². The molecule has 3 rings (SSSR count).